The number of likely N-dealkylation sites (tertiary alicyclic amines) is 1. The Hall–Kier alpha value is -3.17. The molecule has 0 unspecified atom stereocenters. The zero-order chi connectivity index (χ0) is 27.9. The number of amidine groups is 1. The van der Waals surface area contributed by atoms with Gasteiger partial charge in [0.2, 0.25) is 0 Å². The summed E-state index contributed by atoms with van der Waals surface area (Å²) in [4.78, 5) is 28.2. The first-order chi connectivity index (χ1) is 19.4. The number of piperidine rings is 1. The van der Waals surface area contributed by atoms with Gasteiger partial charge in [0, 0.05) is 60.1 Å². The molecule has 0 atom stereocenters. The molecule has 0 N–H and O–H groups in total. The van der Waals surface area contributed by atoms with Gasteiger partial charge in [-0.3, -0.25) is 24.6 Å². The minimum absolute atomic E-state index is 0.00148. The van der Waals surface area contributed by atoms with Gasteiger partial charge in [-0.15, -0.1) is 0 Å². The maximum atomic E-state index is 13.8. The lowest BCUT2D eigenvalue weighted by atomic mass is 9.75. The fourth-order valence-corrected chi connectivity index (χ4v) is 6.32. The summed E-state index contributed by atoms with van der Waals surface area (Å²) in [7, 11) is 1.52. The largest absolute Gasteiger partial charge is 0.379 e. The van der Waals surface area contributed by atoms with Crippen LogP contribution in [0.3, 0.4) is 0 Å². The third kappa shape index (κ3) is 5.05. The topological polar surface area (TPSA) is 61.3 Å². The molecule has 0 spiro atoms. The van der Waals surface area contributed by atoms with Crippen LogP contribution in [0.2, 0.25) is 0 Å². The molecule has 1 amide bonds. The SMILES string of the molecule is C=CN(/C(CC1(c2cccc(N3Cc4c(cc(CN5CCCCC5)nc4C4CC4)C3=O)c2)COC1)=N\C)C(F)F. The normalized spacial score (nSPS) is 20.9. The highest BCUT2D eigenvalue weighted by Crippen LogP contribution is 2.45. The number of rotatable bonds is 9. The minimum Gasteiger partial charge on any atom is -0.379 e. The first-order valence-corrected chi connectivity index (χ1v) is 14.3. The van der Waals surface area contributed by atoms with Crippen LogP contribution in [0.1, 0.15) is 77.3 Å². The Balaban J connectivity index is 1.27. The van der Waals surface area contributed by atoms with Crippen molar-refractivity contribution in [3.8, 4) is 0 Å². The van der Waals surface area contributed by atoms with E-state index in [0.717, 1.165) is 77.3 Å². The number of pyridine rings is 1. The van der Waals surface area contributed by atoms with Crippen molar-refractivity contribution < 1.29 is 18.3 Å². The molecule has 1 aromatic carbocycles. The van der Waals surface area contributed by atoms with Gasteiger partial charge in [0.25, 0.3) is 5.91 Å². The van der Waals surface area contributed by atoms with E-state index in [-0.39, 0.29) is 18.2 Å². The summed E-state index contributed by atoms with van der Waals surface area (Å²) in [5.41, 5.74) is 5.17. The second kappa shape index (κ2) is 11.0. The summed E-state index contributed by atoms with van der Waals surface area (Å²) in [5.74, 6) is 0.699. The zero-order valence-corrected chi connectivity index (χ0v) is 23.1. The molecular weight excluding hydrogens is 512 g/mol. The number of nitrogens with zero attached hydrogens (tertiary/aromatic N) is 5. The van der Waals surface area contributed by atoms with Crippen LogP contribution < -0.4 is 4.90 Å². The number of amides is 1. The molecule has 3 fully saturated rings. The monoisotopic (exact) mass is 549 g/mol. The molecule has 4 aliphatic rings. The molecular formula is C31H37F2N5O2. The Kier molecular flexibility index (Phi) is 7.44. The van der Waals surface area contributed by atoms with Gasteiger partial charge in [-0.2, -0.15) is 8.78 Å². The lowest BCUT2D eigenvalue weighted by molar-refractivity contribution is -0.0587. The summed E-state index contributed by atoms with van der Waals surface area (Å²) >= 11 is 0. The number of aromatic nitrogens is 1. The average molecular weight is 550 g/mol. The van der Waals surface area contributed by atoms with Gasteiger partial charge >= 0.3 is 6.55 Å². The standard InChI is InChI=1S/C31H37F2N5O2/c1-3-37(30(32)33)27(34-2)16-31(19-40-20-31)22-8-7-9-24(14-22)38-18-26-25(29(38)39)15-23(35-28(26)21-10-11-21)17-36-12-5-4-6-13-36/h3,7-9,14-15,21,30H,1,4-6,10-13,16-20H2,2H3/b34-27-. The van der Waals surface area contributed by atoms with Crippen LogP contribution in [0.5, 0.6) is 0 Å². The van der Waals surface area contributed by atoms with Crippen molar-refractivity contribution in [3.63, 3.8) is 0 Å². The molecule has 3 aliphatic heterocycles. The second-order valence-electron chi connectivity index (χ2n) is 11.5. The molecule has 1 aliphatic carbocycles. The van der Waals surface area contributed by atoms with Crippen LogP contribution >= 0.6 is 0 Å². The quantitative estimate of drug-likeness (QED) is 0.236. The third-order valence-electron chi connectivity index (χ3n) is 8.79. The number of alkyl halides is 2. The van der Waals surface area contributed by atoms with E-state index in [4.69, 9.17) is 9.72 Å². The molecule has 0 bridgehead atoms. The van der Waals surface area contributed by atoms with Crippen LogP contribution in [0.25, 0.3) is 0 Å². The lowest BCUT2D eigenvalue weighted by Crippen LogP contribution is -2.50. The second-order valence-corrected chi connectivity index (χ2v) is 11.5. The predicted octanol–water partition coefficient (Wildman–Crippen LogP) is 5.46. The number of anilines is 1. The molecule has 1 aromatic heterocycles. The fourth-order valence-electron chi connectivity index (χ4n) is 6.32. The molecule has 6 rings (SSSR count). The number of halogens is 2. The zero-order valence-electron chi connectivity index (χ0n) is 23.1. The van der Waals surface area contributed by atoms with Crippen LogP contribution in [-0.4, -0.2) is 66.4 Å². The van der Waals surface area contributed by atoms with Crippen LogP contribution in [0, 0.1) is 0 Å². The molecule has 4 heterocycles. The van der Waals surface area contributed by atoms with Gasteiger partial charge in [-0.25, -0.2) is 0 Å². The van der Waals surface area contributed by atoms with E-state index in [0.29, 0.717) is 25.7 Å². The lowest BCUT2D eigenvalue weighted by Gasteiger charge is -2.43. The van der Waals surface area contributed by atoms with Crippen molar-refractivity contribution in [3.05, 3.63) is 71.2 Å². The van der Waals surface area contributed by atoms with Gasteiger partial charge in [-0.1, -0.05) is 25.1 Å². The van der Waals surface area contributed by atoms with Gasteiger partial charge in [0.05, 0.1) is 25.5 Å². The summed E-state index contributed by atoms with van der Waals surface area (Å²) in [5, 5.41) is 0. The van der Waals surface area contributed by atoms with Crippen molar-refractivity contribution in [1.29, 1.82) is 0 Å². The number of hydrogen-bond donors (Lipinski definition) is 0. The smallest absolute Gasteiger partial charge is 0.319 e. The molecule has 0 radical (unpaired) electrons. The van der Waals surface area contributed by atoms with Crippen molar-refractivity contribution in [2.75, 3.05) is 38.3 Å². The average Bonchev–Trinajstić information content (AvgIpc) is 3.74. The molecule has 7 nitrogen and oxygen atoms in total. The van der Waals surface area contributed by atoms with Gasteiger partial charge in [-0.05, 0) is 62.5 Å². The number of benzene rings is 1. The Labute approximate surface area is 234 Å². The first-order valence-electron chi connectivity index (χ1n) is 14.3. The van der Waals surface area contributed by atoms with Crippen LogP contribution in [-0.2, 0) is 23.2 Å². The Morgan fingerprint density at radius 3 is 2.65 bits per heavy atom. The molecule has 2 saturated heterocycles. The summed E-state index contributed by atoms with van der Waals surface area (Å²) in [6, 6.07) is 9.90. The third-order valence-corrected chi connectivity index (χ3v) is 8.79. The molecule has 2 aromatic rings. The number of ether oxygens (including phenoxy) is 1. The predicted molar refractivity (Wildman–Crippen MR) is 151 cm³/mol. The first kappa shape index (κ1) is 27.0. The Bertz CT molecular complexity index is 1310. The maximum Gasteiger partial charge on any atom is 0.319 e. The number of carbonyl (C=O) groups is 1. The number of fused-ring (bicyclic) bond motifs is 1. The van der Waals surface area contributed by atoms with Gasteiger partial charge in [0.1, 0.15) is 5.84 Å². The van der Waals surface area contributed by atoms with Crippen molar-refractivity contribution >= 4 is 17.4 Å². The molecule has 1 saturated carbocycles. The van der Waals surface area contributed by atoms with Crippen LogP contribution in [0.15, 0.2) is 48.1 Å². The Morgan fingerprint density at radius 1 is 1.25 bits per heavy atom. The highest BCUT2D eigenvalue weighted by atomic mass is 19.3. The molecule has 212 valence electrons. The van der Waals surface area contributed by atoms with E-state index in [2.05, 4.69) is 16.5 Å². The van der Waals surface area contributed by atoms with E-state index >= 15 is 0 Å². The highest BCUT2D eigenvalue weighted by molar-refractivity contribution is 6.10. The fraction of sp³-hybridized carbons (Fsp3) is 0.516. The van der Waals surface area contributed by atoms with Crippen molar-refractivity contribution in [2.24, 2.45) is 4.99 Å². The summed E-state index contributed by atoms with van der Waals surface area (Å²) in [6.45, 7) is 5.07. The summed E-state index contributed by atoms with van der Waals surface area (Å²) < 4.78 is 32.8. The van der Waals surface area contributed by atoms with Gasteiger partial charge in [0.15, 0.2) is 0 Å². The number of hydrogen-bond acceptors (Lipinski definition) is 5. The van der Waals surface area contributed by atoms with E-state index in [1.54, 1.807) is 0 Å². The maximum absolute atomic E-state index is 13.8. The van der Waals surface area contributed by atoms with Crippen molar-refractivity contribution in [1.82, 2.24) is 14.8 Å². The highest BCUT2D eigenvalue weighted by Gasteiger charge is 2.44. The van der Waals surface area contributed by atoms with Crippen LogP contribution in [0.4, 0.5) is 14.5 Å². The number of aliphatic imine (C=N–C) groups is 1. The van der Waals surface area contributed by atoms with Gasteiger partial charge < -0.3 is 9.64 Å². The van der Waals surface area contributed by atoms with Crippen molar-refractivity contribution in [2.45, 2.75) is 69.5 Å². The Morgan fingerprint density at radius 2 is 2.02 bits per heavy atom. The summed E-state index contributed by atoms with van der Waals surface area (Å²) in [6.07, 6.45) is 7.37. The molecule has 9 heteroatoms. The number of carbonyl (C=O) groups excluding carboxylic acids is 1. The van der Waals surface area contributed by atoms with E-state index < -0.39 is 12.0 Å². The van der Waals surface area contributed by atoms with E-state index in [9.17, 15) is 13.6 Å². The minimum atomic E-state index is -2.73. The van der Waals surface area contributed by atoms with E-state index in [1.165, 1.54) is 26.3 Å². The van der Waals surface area contributed by atoms with E-state index in [1.807, 2.05) is 35.2 Å². The molecule has 40 heavy (non-hydrogen) atoms.